The molecule has 4 nitrogen and oxygen atoms in total. The number of hydrogen-bond acceptors (Lipinski definition) is 4. The van der Waals surface area contributed by atoms with Gasteiger partial charge < -0.3 is 14.4 Å². The van der Waals surface area contributed by atoms with Crippen LogP contribution in [0.4, 0.5) is 0 Å². The third-order valence-corrected chi connectivity index (χ3v) is 4.53. The number of para-hydroxylation sites is 1. The van der Waals surface area contributed by atoms with Gasteiger partial charge in [0.1, 0.15) is 5.58 Å². The van der Waals surface area contributed by atoms with E-state index in [0.717, 1.165) is 31.8 Å². The summed E-state index contributed by atoms with van der Waals surface area (Å²) < 4.78 is 5.64. The molecule has 4 heteroatoms. The topological polar surface area (TPSA) is 39.9 Å². The van der Waals surface area contributed by atoms with Crippen LogP contribution < -0.4 is 0 Å². The molecule has 2 heterocycles. The number of aliphatic hydroxyl groups excluding tert-OH is 1. The van der Waals surface area contributed by atoms with Gasteiger partial charge in [-0.1, -0.05) is 18.2 Å². The van der Waals surface area contributed by atoms with E-state index in [9.17, 15) is 5.11 Å². The van der Waals surface area contributed by atoms with Gasteiger partial charge in [-0.2, -0.15) is 0 Å². The van der Waals surface area contributed by atoms with E-state index in [1.165, 1.54) is 23.8 Å². The molecule has 0 saturated carbocycles. The molecule has 0 radical (unpaired) electrons. The molecule has 2 aromatic rings. The number of piperidine rings is 1. The van der Waals surface area contributed by atoms with Gasteiger partial charge in [-0.25, -0.2) is 0 Å². The Balaban J connectivity index is 1.75. The molecule has 114 valence electrons. The zero-order chi connectivity index (χ0) is 14.7. The van der Waals surface area contributed by atoms with Crippen molar-refractivity contribution >= 4 is 11.0 Å². The van der Waals surface area contributed by atoms with Crippen LogP contribution in [0.5, 0.6) is 0 Å². The van der Waals surface area contributed by atoms with Crippen LogP contribution in [0.25, 0.3) is 11.0 Å². The van der Waals surface area contributed by atoms with Crippen molar-refractivity contribution in [2.75, 3.05) is 33.3 Å². The lowest BCUT2D eigenvalue weighted by Crippen LogP contribution is -2.44. The maximum absolute atomic E-state index is 9.39. The Kier molecular flexibility index (Phi) is 4.58. The predicted molar refractivity (Wildman–Crippen MR) is 84.2 cm³/mol. The Morgan fingerprint density at radius 1 is 1.29 bits per heavy atom. The molecule has 0 spiro atoms. The van der Waals surface area contributed by atoms with Gasteiger partial charge in [-0.05, 0) is 39.0 Å². The Morgan fingerprint density at radius 3 is 2.81 bits per heavy atom. The summed E-state index contributed by atoms with van der Waals surface area (Å²) in [6.45, 7) is 4.07. The van der Waals surface area contributed by atoms with Crippen molar-refractivity contribution in [1.29, 1.82) is 0 Å². The largest absolute Gasteiger partial charge is 0.464 e. The molecule has 1 N–H and O–H groups in total. The fourth-order valence-electron chi connectivity index (χ4n) is 3.25. The lowest BCUT2D eigenvalue weighted by Gasteiger charge is -2.37. The van der Waals surface area contributed by atoms with Crippen LogP contribution in [0.3, 0.4) is 0 Å². The number of furan rings is 1. The standard InChI is InChI=1S/C17H24N2O2/c1-18-8-6-15(7-9-18)19(10-11-20)12-14-13-21-17-5-3-2-4-16(14)17/h2-5,13,15,20H,6-12H2,1H3. The molecule has 0 amide bonds. The van der Waals surface area contributed by atoms with E-state index in [1.807, 2.05) is 24.5 Å². The summed E-state index contributed by atoms with van der Waals surface area (Å²) in [5.41, 5.74) is 2.16. The van der Waals surface area contributed by atoms with E-state index in [0.29, 0.717) is 6.04 Å². The minimum Gasteiger partial charge on any atom is -0.464 e. The molecule has 21 heavy (non-hydrogen) atoms. The van der Waals surface area contributed by atoms with Gasteiger partial charge in [-0.3, -0.25) is 4.90 Å². The van der Waals surface area contributed by atoms with Crippen LogP contribution in [0.15, 0.2) is 34.9 Å². The third-order valence-electron chi connectivity index (χ3n) is 4.53. The molecule has 3 rings (SSSR count). The quantitative estimate of drug-likeness (QED) is 0.916. The van der Waals surface area contributed by atoms with Gasteiger partial charge in [0.2, 0.25) is 0 Å². The average molecular weight is 288 g/mol. The highest BCUT2D eigenvalue weighted by atomic mass is 16.3. The number of fused-ring (bicyclic) bond motifs is 1. The molecule has 1 aliphatic heterocycles. The van der Waals surface area contributed by atoms with Crippen molar-refractivity contribution in [2.45, 2.75) is 25.4 Å². The number of aliphatic hydroxyl groups is 1. The van der Waals surface area contributed by atoms with E-state index in [-0.39, 0.29) is 6.61 Å². The van der Waals surface area contributed by atoms with Gasteiger partial charge in [0.15, 0.2) is 0 Å². The van der Waals surface area contributed by atoms with Gasteiger partial charge in [0, 0.05) is 30.1 Å². The van der Waals surface area contributed by atoms with E-state index in [4.69, 9.17) is 4.42 Å². The number of hydrogen-bond donors (Lipinski definition) is 1. The van der Waals surface area contributed by atoms with Crippen molar-refractivity contribution in [3.05, 3.63) is 36.1 Å². The molecular weight excluding hydrogens is 264 g/mol. The molecule has 1 fully saturated rings. The third kappa shape index (κ3) is 3.28. The average Bonchev–Trinajstić information content (AvgIpc) is 2.91. The van der Waals surface area contributed by atoms with Crippen molar-refractivity contribution in [1.82, 2.24) is 9.80 Å². The number of likely N-dealkylation sites (tertiary alicyclic amines) is 1. The summed E-state index contributed by atoms with van der Waals surface area (Å²) in [5.74, 6) is 0. The molecule has 0 unspecified atom stereocenters. The van der Waals surface area contributed by atoms with Gasteiger partial charge >= 0.3 is 0 Å². The highest BCUT2D eigenvalue weighted by molar-refractivity contribution is 5.80. The second kappa shape index (κ2) is 6.60. The normalized spacial score (nSPS) is 17.9. The van der Waals surface area contributed by atoms with Crippen molar-refractivity contribution in [3.63, 3.8) is 0 Å². The Hall–Kier alpha value is -1.36. The second-order valence-corrected chi connectivity index (χ2v) is 5.99. The summed E-state index contributed by atoms with van der Waals surface area (Å²) >= 11 is 0. The highest BCUT2D eigenvalue weighted by Crippen LogP contribution is 2.24. The lowest BCUT2D eigenvalue weighted by atomic mass is 10.0. The van der Waals surface area contributed by atoms with E-state index >= 15 is 0 Å². The summed E-state index contributed by atoms with van der Waals surface area (Å²) in [6, 6.07) is 8.72. The van der Waals surface area contributed by atoms with Crippen LogP contribution in [0.1, 0.15) is 18.4 Å². The highest BCUT2D eigenvalue weighted by Gasteiger charge is 2.23. The fourth-order valence-corrected chi connectivity index (χ4v) is 3.25. The monoisotopic (exact) mass is 288 g/mol. The van der Waals surface area contributed by atoms with Crippen LogP contribution in [0.2, 0.25) is 0 Å². The van der Waals surface area contributed by atoms with E-state index in [2.05, 4.69) is 22.9 Å². The zero-order valence-electron chi connectivity index (χ0n) is 12.7. The van der Waals surface area contributed by atoms with Gasteiger partial charge in [0.25, 0.3) is 0 Å². The summed E-state index contributed by atoms with van der Waals surface area (Å²) in [4.78, 5) is 4.78. The molecule has 0 aliphatic carbocycles. The molecule has 1 saturated heterocycles. The molecule has 1 aromatic carbocycles. The minimum absolute atomic E-state index is 0.210. The molecule has 0 bridgehead atoms. The molecule has 0 atom stereocenters. The summed E-state index contributed by atoms with van der Waals surface area (Å²) in [6.07, 6.45) is 4.21. The van der Waals surface area contributed by atoms with Crippen LogP contribution in [0, 0.1) is 0 Å². The maximum Gasteiger partial charge on any atom is 0.134 e. The molecule has 1 aliphatic rings. The second-order valence-electron chi connectivity index (χ2n) is 5.99. The molecule has 1 aromatic heterocycles. The number of benzene rings is 1. The Labute approximate surface area is 125 Å². The summed E-state index contributed by atoms with van der Waals surface area (Å²) in [5, 5.41) is 10.6. The first kappa shape index (κ1) is 14.6. The zero-order valence-corrected chi connectivity index (χ0v) is 12.7. The fraction of sp³-hybridized carbons (Fsp3) is 0.529. The van der Waals surface area contributed by atoms with Crippen LogP contribution >= 0.6 is 0 Å². The Bertz CT molecular complexity index is 573. The molecular formula is C17H24N2O2. The first-order chi connectivity index (χ1) is 10.3. The van der Waals surface area contributed by atoms with E-state index in [1.54, 1.807) is 0 Å². The Morgan fingerprint density at radius 2 is 2.05 bits per heavy atom. The smallest absolute Gasteiger partial charge is 0.134 e. The van der Waals surface area contributed by atoms with Gasteiger partial charge in [-0.15, -0.1) is 0 Å². The first-order valence-electron chi connectivity index (χ1n) is 7.76. The SMILES string of the molecule is CN1CCC(N(CCO)Cc2coc3ccccc23)CC1. The van der Waals surface area contributed by atoms with Crippen molar-refractivity contribution < 1.29 is 9.52 Å². The minimum atomic E-state index is 0.210. The lowest BCUT2D eigenvalue weighted by molar-refractivity contribution is 0.0942. The number of rotatable bonds is 5. The van der Waals surface area contributed by atoms with Crippen LogP contribution in [-0.4, -0.2) is 54.2 Å². The van der Waals surface area contributed by atoms with Crippen molar-refractivity contribution in [3.8, 4) is 0 Å². The predicted octanol–water partition coefficient (Wildman–Crippen LogP) is 2.32. The first-order valence-corrected chi connectivity index (χ1v) is 7.76. The summed E-state index contributed by atoms with van der Waals surface area (Å²) in [7, 11) is 2.18. The van der Waals surface area contributed by atoms with Crippen molar-refractivity contribution in [2.24, 2.45) is 0 Å². The van der Waals surface area contributed by atoms with Crippen LogP contribution in [-0.2, 0) is 6.54 Å². The number of nitrogens with zero attached hydrogens (tertiary/aromatic N) is 2. The van der Waals surface area contributed by atoms with E-state index < -0.39 is 0 Å². The maximum atomic E-state index is 9.39. The van der Waals surface area contributed by atoms with Gasteiger partial charge in [0.05, 0.1) is 12.9 Å².